The van der Waals surface area contributed by atoms with Gasteiger partial charge >= 0.3 is 0 Å². The lowest BCUT2D eigenvalue weighted by atomic mass is 9.74. The van der Waals surface area contributed by atoms with E-state index in [4.69, 9.17) is 5.73 Å². The Labute approximate surface area is 107 Å². The van der Waals surface area contributed by atoms with Gasteiger partial charge < -0.3 is 15.6 Å². The quantitative estimate of drug-likeness (QED) is 0.857. The van der Waals surface area contributed by atoms with E-state index in [1.165, 1.54) is 19.2 Å². The number of nitrogens with zero attached hydrogens (tertiary/aromatic N) is 2. The van der Waals surface area contributed by atoms with Crippen LogP contribution in [0.4, 0.5) is 11.5 Å². The molecule has 0 unspecified atom stereocenters. The van der Waals surface area contributed by atoms with Gasteiger partial charge in [0, 0.05) is 13.1 Å². The molecule has 0 bridgehead atoms. The molecule has 1 aromatic rings. The molecule has 0 atom stereocenters. The van der Waals surface area contributed by atoms with Gasteiger partial charge in [-0.3, -0.25) is 4.79 Å². The fourth-order valence-corrected chi connectivity index (χ4v) is 2.80. The van der Waals surface area contributed by atoms with Gasteiger partial charge in [-0.2, -0.15) is 0 Å². The summed E-state index contributed by atoms with van der Waals surface area (Å²) < 4.78 is 0. The van der Waals surface area contributed by atoms with E-state index in [0.717, 1.165) is 25.9 Å². The molecule has 1 fully saturated rings. The average Bonchev–Trinajstić information content (AvgIpc) is 2.42. The van der Waals surface area contributed by atoms with E-state index >= 15 is 0 Å². The van der Waals surface area contributed by atoms with Crippen molar-refractivity contribution in [3.63, 3.8) is 0 Å². The SMILES string of the molecule is CCC1(CC)CCN(c2nc[nH]c(=O)c2N)CC1. The predicted molar refractivity (Wildman–Crippen MR) is 73.7 cm³/mol. The number of H-pyrrole nitrogens is 1. The summed E-state index contributed by atoms with van der Waals surface area (Å²) in [5, 5.41) is 0. The molecule has 0 saturated carbocycles. The van der Waals surface area contributed by atoms with Crippen molar-refractivity contribution in [2.24, 2.45) is 5.41 Å². The van der Waals surface area contributed by atoms with Crippen LogP contribution in [0.15, 0.2) is 11.1 Å². The Balaban J connectivity index is 2.15. The van der Waals surface area contributed by atoms with Crippen molar-refractivity contribution in [3.8, 4) is 0 Å². The molecule has 1 aliphatic rings. The second-order valence-corrected chi connectivity index (χ2v) is 5.16. The maximum absolute atomic E-state index is 11.5. The van der Waals surface area contributed by atoms with E-state index in [1.807, 2.05) is 0 Å². The molecule has 0 aromatic carbocycles. The average molecular weight is 250 g/mol. The first-order chi connectivity index (χ1) is 8.62. The Hall–Kier alpha value is -1.52. The molecule has 1 aliphatic heterocycles. The molecule has 1 aromatic heterocycles. The zero-order valence-electron chi connectivity index (χ0n) is 11.2. The van der Waals surface area contributed by atoms with E-state index in [1.54, 1.807) is 0 Å². The molecule has 0 amide bonds. The third-order valence-electron chi connectivity index (χ3n) is 4.49. The third-order valence-corrected chi connectivity index (χ3v) is 4.49. The fraction of sp³-hybridized carbons (Fsp3) is 0.692. The Morgan fingerprint density at radius 3 is 2.56 bits per heavy atom. The monoisotopic (exact) mass is 250 g/mol. The second kappa shape index (κ2) is 5.00. The van der Waals surface area contributed by atoms with Gasteiger partial charge in [0.25, 0.3) is 5.56 Å². The third kappa shape index (κ3) is 2.21. The highest BCUT2D eigenvalue weighted by molar-refractivity contribution is 5.61. The number of anilines is 2. The molecule has 0 spiro atoms. The minimum atomic E-state index is -0.247. The van der Waals surface area contributed by atoms with Crippen LogP contribution >= 0.6 is 0 Å². The molecule has 5 heteroatoms. The fourth-order valence-electron chi connectivity index (χ4n) is 2.80. The lowest BCUT2D eigenvalue weighted by Crippen LogP contribution is -2.41. The number of hydrogen-bond donors (Lipinski definition) is 2. The number of piperidine rings is 1. The molecule has 0 radical (unpaired) electrons. The molecule has 0 aliphatic carbocycles. The van der Waals surface area contributed by atoms with Crippen molar-refractivity contribution < 1.29 is 0 Å². The minimum Gasteiger partial charge on any atom is -0.391 e. The Morgan fingerprint density at radius 2 is 2.00 bits per heavy atom. The highest BCUT2D eigenvalue weighted by Gasteiger charge is 2.32. The van der Waals surface area contributed by atoms with Crippen LogP contribution in [0.2, 0.25) is 0 Å². The van der Waals surface area contributed by atoms with E-state index in [9.17, 15) is 4.79 Å². The Morgan fingerprint density at radius 1 is 1.39 bits per heavy atom. The van der Waals surface area contributed by atoms with Gasteiger partial charge in [0.1, 0.15) is 5.69 Å². The van der Waals surface area contributed by atoms with Crippen molar-refractivity contribution in [1.82, 2.24) is 9.97 Å². The van der Waals surface area contributed by atoms with E-state index in [0.29, 0.717) is 11.2 Å². The summed E-state index contributed by atoms with van der Waals surface area (Å²) in [6.45, 7) is 6.39. The number of nitrogens with two attached hydrogens (primary N) is 1. The minimum absolute atomic E-state index is 0.234. The summed E-state index contributed by atoms with van der Waals surface area (Å²) in [4.78, 5) is 20.3. The van der Waals surface area contributed by atoms with Gasteiger partial charge in [0.15, 0.2) is 5.82 Å². The van der Waals surface area contributed by atoms with Crippen LogP contribution in [-0.4, -0.2) is 23.1 Å². The predicted octanol–water partition coefficient (Wildman–Crippen LogP) is 1.76. The van der Waals surface area contributed by atoms with Crippen molar-refractivity contribution in [3.05, 3.63) is 16.7 Å². The van der Waals surface area contributed by atoms with Crippen LogP contribution in [0.25, 0.3) is 0 Å². The highest BCUT2D eigenvalue weighted by atomic mass is 16.1. The number of nitrogen functional groups attached to an aromatic ring is 1. The highest BCUT2D eigenvalue weighted by Crippen LogP contribution is 2.39. The Kier molecular flexibility index (Phi) is 3.59. The summed E-state index contributed by atoms with van der Waals surface area (Å²) in [7, 11) is 0. The van der Waals surface area contributed by atoms with Crippen LogP contribution in [0, 0.1) is 5.41 Å². The van der Waals surface area contributed by atoms with Gasteiger partial charge in [0.05, 0.1) is 6.33 Å². The van der Waals surface area contributed by atoms with Gasteiger partial charge in [-0.15, -0.1) is 0 Å². The molecule has 2 heterocycles. The normalized spacial score (nSPS) is 18.9. The Bertz CT molecular complexity index is 454. The van der Waals surface area contributed by atoms with Gasteiger partial charge in [-0.05, 0) is 18.3 Å². The van der Waals surface area contributed by atoms with Crippen LogP contribution in [0.5, 0.6) is 0 Å². The number of nitrogens with one attached hydrogen (secondary N) is 1. The van der Waals surface area contributed by atoms with Gasteiger partial charge in [-0.1, -0.05) is 26.7 Å². The summed E-state index contributed by atoms with van der Waals surface area (Å²) in [5.41, 5.74) is 6.25. The van der Waals surface area contributed by atoms with Crippen molar-refractivity contribution in [2.75, 3.05) is 23.7 Å². The first-order valence-corrected chi connectivity index (χ1v) is 6.70. The topological polar surface area (TPSA) is 75.0 Å². The zero-order chi connectivity index (χ0) is 13.2. The van der Waals surface area contributed by atoms with Crippen molar-refractivity contribution in [2.45, 2.75) is 39.5 Å². The molecule has 100 valence electrons. The number of aromatic nitrogens is 2. The van der Waals surface area contributed by atoms with E-state index in [2.05, 4.69) is 28.7 Å². The molecule has 1 saturated heterocycles. The zero-order valence-corrected chi connectivity index (χ0v) is 11.2. The maximum Gasteiger partial charge on any atom is 0.276 e. The molecular weight excluding hydrogens is 228 g/mol. The lowest BCUT2D eigenvalue weighted by molar-refractivity contribution is 0.199. The number of hydrogen-bond acceptors (Lipinski definition) is 4. The lowest BCUT2D eigenvalue weighted by Gasteiger charge is -2.41. The summed E-state index contributed by atoms with van der Waals surface area (Å²) in [5.74, 6) is 0.638. The first-order valence-electron chi connectivity index (χ1n) is 6.70. The van der Waals surface area contributed by atoms with Crippen molar-refractivity contribution >= 4 is 11.5 Å². The summed E-state index contributed by atoms with van der Waals surface area (Å²) in [6.07, 6.45) is 6.16. The number of rotatable bonds is 3. The standard InChI is InChI=1S/C13H22N4O/c1-3-13(4-2)5-7-17(8-6-13)11-10(14)12(18)16-9-15-11/h9H,3-8,14H2,1-2H3,(H,15,16,18). The summed E-state index contributed by atoms with van der Waals surface area (Å²) >= 11 is 0. The number of aromatic amines is 1. The smallest absolute Gasteiger partial charge is 0.276 e. The van der Waals surface area contributed by atoms with Crippen molar-refractivity contribution in [1.29, 1.82) is 0 Å². The molecule has 3 N–H and O–H groups in total. The largest absolute Gasteiger partial charge is 0.391 e. The van der Waals surface area contributed by atoms with E-state index in [-0.39, 0.29) is 11.2 Å². The van der Waals surface area contributed by atoms with Crippen LogP contribution in [0.3, 0.4) is 0 Å². The maximum atomic E-state index is 11.5. The molecule has 5 nitrogen and oxygen atoms in total. The van der Waals surface area contributed by atoms with Gasteiger partial charge in [0.2, 0.25) is 0 Å². The summed E-state index contributed by atoms with van der Waals surface area (Å²) in [6, 6.07) is 0. The molecular formula is C13H22N4O. The van der Waals surface area contributed by atoms with Gasteiger partial charge in [-0.25, -0.2) is 4.98 Å². The van der Waals surface area contributed by atoms with Crippen LogP contribution in [-0.2, 0) is 0 Å². The second-order valence-electron chi connectivity index (χ2n) is 5.16. The first kappa shape index (κ1) is 12.9. The molecule has 18 heavy (non-hydrogen) atoms. The molecule has 2 rings (SSSR count). The van der Waals surface area contributed by atoms with E-state index < -0.39 is 0 Å². The van der Waals surface area contributed by atoms with Crippen LogP contribution in [0.1, 0.15) is 39.5 Å². The van der Waals surface area contributed by atoms with Crippen LogP contribution < -0.4 is 16.2 Å².